The molecular formula is C23H15Cl2N3O5. The third-order valence-electron chi connectivity index (χ3n) is 4.96. The van der Waals surface area contributed by atoms with Gasteiger partial charge in [0.2, 0.25) is 0 Å². The minimum absolute atomic E-state index is 0.0665. The number of benzene rings is 2. The highest BCUT2D eigenvalue weighted by atomic mass is 35.5. The second-order valence-corrected chi connectivity index (χ2v) is 7.95. The molecule has 0 saturated heterocycles. The zero-order valence-corrected chi connectivity index (χ0v) is 18.3. The average Bonchev–Trinajstić information content (AvgIpc) is 3.13. The summed E-state index contributed by atoms with van der Waals surface area (Å²) in [5.74, 6) is -2.91. The molecule has 0 unspecified atom stereocenters. The normalized spacial score (nSPS) is 10.8. The number of anilines is 1. The Kier molecular flexibility index (Phi) is 6.04. The van der Waals surface area contributed by atoms with Crippen LogP contribution in [0.15, 0.2) is 61.1 Å². The zero-order valence-electron chi connectivity index (χ0n) is 16.8. The summed E-state index contributed by atoms with van der Waals surface area (Å²) in [5.41, 5.74) is 1.68. The van der Waals surface area contributed by atoms with Gasteiger partial charge in [-0.15, -0.1) is 0 Å². The molecule has 166 valence electrons. The number of hydrogen-bond donors (Lipinski definition) is 3. The van der Waals surface area contributed by atoms with Crippen molar-refractivity contribution in [1.82, 2.24) is 9.55 Å². The van der Waals surface area contributed by atoms with Gasteiger partial charge in [0.05, 0.1) is 26.9 Å². The van der Waals surface area contributed by atoms with Gasteiger partial charge in [0.1, 0.15) is 5.75 Å². The van der Waals surface area contributed by atoms with Crippen molar-refractivity contribution < 1.29 is 24.6 Å². The smallest absolute Gasteiger partial charge is 0.335 e. The molecule has 4 rings (SSSR count). The molecule has 0 radical (unpaired) electrons. The van der Waals surface area contributed by atoms with Gasteiger partial charge in [0.25, 0.3) is 11.7 Å². The quantitative estimate of drug-likeness (QED) is 0.271. The fourth-order valence-electron chi connectivity index (χ4n) is 3.37. The number of nitrogens with one attached hydrogen (secondary N) is 1. The Bertz CT molecular complexity index is 1390. The van der Waals surface area contributed by atoms with Crippen molar-refractivity contribution in [2.24, 2.45) is 0 Å². The topological polar surface area (TPSA) is 122 Å². The minimum atomic E-state index is -1.03. The Morgan fingerprint density at radius 3 is 2.30 bits per heavy atom. The molecule has 1 amide bonds. The van der Waals surface area contributed by atoms with E-state index < -0.39 is 17.7 Å². The van der Waals surface area contributed by atoms with Crippen LogP contribution in [0.5, 0.6) is 5.75 Å². The Morgan fingerprint density at radius 1 is 1.00 bits per heavy atom. The highest BCUT2D eigenvalue weighted by Gasteiger charge is 2.24. The van der Waals surface area contributed by atoms with Gasteiger partial charge < -0.3 is 20.1 Å². The molecule has 0 atom stereocenters. The van der Waals surface area contributed by atoms with Crippen LogP contribution in [0.2, 0.25) is 10.0 Å². The maximum Gasteiger partial charge on any atom is 0.335 e. The van der Waals surface area contributed by atoms with Crippen molar-refractivity contribution >= 4 is 57.5 Å². The Morgan fingerprint density at radius 2 is 1.67 bits per heavy atom. The number of rotatable bonds is 6. The van der Waals surface area contributed by atoms with Crippen LogP contribution in [-0.2, 0) is 11.3 Å². The van der Waals surface area contributed by atoms with Crippen molar-refractivity contribution in [3.05, 3.63) is 87.8 Å². The van der Waals surface area contributed by atoms with E-state index in [9.17, 15) is 19.5 Å². The summed E-state index contributed by atoms with van der Waals surface area (Å²) < 4.78 is 1.73. The number of ketones is 1. The molecule has 3 N–H and O–H groups in total. The van der Waals surface area contributed by atoms with E-state index in [4.69, 9.17) is 28.3 Å². The number of halogens is 2. The number of carbonyl (C=O) groups excluding carboxylic acids is 2. The molecule has 8 nitrogen and oxygen atoms in total. The number of carboxylic acids is 1. The monoisotopic (exact) mass is 483 g/mol. The molecule has 0 spiro atoms. The first kappa shape index (κ1) is 22.3. The fourth-order valence-corrected chi connectivity index (χ4v) is 3.83. The zero-order chi connectivity index (χ0) is 23.7. The standard InChI is InChI=1S/C23H15Cl2N3O5/c24-17-8-26-9-18(25)20(17)27-22(31)21(30)16-11-28(19-6-5-14(29)7-15(16)19)10-12-1-3-13(4-2-12)23(32)33/h1-9,11,29H,10H2,(H,32,33)(H,26,27,31). The lowest BCUT2D eigenvalue weighted by Crippen LogP contribution is -2.23. The van der Waals surface area contributed by atoms with Crippen molar-refractivity contribution in [3.8, 4) is 5.75 Å². The van der Waals surface area contributed by atoms with Gasteiger partial charge in [-0.1, -0.05) is 35.3 Å². The van der Waals surface area contributed by atoms with Gasteiger partial charge in [-0.3, -0.25) is 14.6 Å². The summed E-state index contributed by atoms with van der Waals surface area (Å²) >= 11 is 12.0. The van der Waals surface area contributed by atoms with Gasteiger partial charge >= 0.3 is 5.97 Å². The lowest BCUT2D eigenvalue weighted by atomic mass is 10.1. The number of aromatic carboxylic acids is 1. The Balaban J connectivity index is 1.69. The van der Waals surface area contributed by atoms with Gasteiger partial charge in [-0.2, -0.15) is 0 Å². The third kappa shape index (κ3) is 4.52. The number of aromatic nitrogens is 2. The highest BCUT2D eigenvalue weighted by Crippen LogP contribution is 2.30. The molecule has 0 aliphatic rings. The average molecular weight is 484 g/mol. The molecule has 0 bridgehead atoms. The van der Waals surface area contributed by atoms with Gasteiger partial charge in [0.15, 0.2) is 0 Å². The van der Waals surface area contributed by atoms with Crippen LogP contribution < -0.4 is 5.32 Å². The summed E-state index contributed by atoms with van der Waals surface area (Å²) in [4.78, 5) is 40.6. The summed E-state index contributed by atoms with van der Waals surface area (Å²) in [7, 11) is 0. The van der Waals surface area contributed by atoms with Crippen molar-refractivity contribution in [2.45, 2.75) is 6.54 Å². The van der Waals surface area contributed by atoms with Crippen LogP contribution in [0.4, 0.5) is 5.69 Å². The number of carbonyl (C=O) groups is 3. The summed E-state index contributed by atoms with van der Waals surface area (Å²) in [6.45, 7) is 0.304. The minimum Gasteiger partial charge on any atom is -0.508 e. The summed E-state index contributed by atoms with van der Waals surface area (Å²) in [6, 6.07) is 10.8. The SMILES string of the molecule is O=C(Nc1c(Cl)cncc1Cl)C(=O)c1cn(Cc2ccc(C(=O)O)cc2)c2ccc(O)cc12. The largest absolute Gasteiger partial charge is 0.508 e. The molecular weight excluding hydrogens is 469 g/mol. The van der Waals surface area contributed by atoms with Crippen LogP contribution in [0.25, 0.3) is 10.9 Å². The molecule has 10 heteroatoms. The first-order chi connectivity index (χ1) is 15.7. The van der Waals surface area contributed by atoms with Crippen LogP contribution in [0, 0.1) is 0 Å². The predicted molar refractivity (Wildman–Crippen MR) is 123 cm³/mol. The summed E-state index contributed by atoms with van der Waals surface area (Å²) in [5, 5.41) is 22.0. The molecule has 2 heterocycles. The lowest BCUT2D eigenvalue weighted by Gasteiger charge is -2.07. The van der Waals surface area contributed by atoms with Gasteiger partial charge in [-0.05, 0) is 35.9 Å². The van der Waals surface area contributed by atoms with Crippen molar-refractivity contribution in [3.63, 3.8) is 0 Å². The van der Waals surface area contributed by atoms with Crippen LogP contribution in [0.3, 0.4) is 0 Å². The maximum atomic E-state index is 13.0. The van der Waals surface area contributed by atoms with Crippen LogP contribution in [0.1, 0.15) is 26.3 Å². The van der Waals surface area contributed by atoms with E-state index in [0.29, 0.717) is 17.4 Å². The van der Waals surface area contributed by atoms with E-state index in [1.165, 1.54) is 42.9 Å². The van der Waals surface area contributed by atoms with Crippen molar-refractivity contribution in [1.29, 1.82) is 0 Å². The van der Waals surface area contributed by atoms with Crippen LogP contribution >= 0.6 is 23.2 Å². The number of Topliss-reactive ketones (excluding diaryl/α,β-unsaturated/α-hetero) is 1. The first-order valence-corrected chi connectivity index (χ1v) is 10.3. The van der Waals surface area contributed by atoms with Crippen LogP contribution in [-0.4, -0.2) is 37.4 Å². The Labute approximate surface area is 197 Å². The molecule has 2 aromatic carbocycles. The summed E-state index contributed by atoms with van der Waals surface area (Å²) in [6.07, 6.45) is 4.08. The molecule has 4 aromatic rings. The number of fused-ring (bicyclic) bond motifs is 1. The molecule has 0 fully saturated rings. The number of nitrogens with zero attached hydrogens (tertiary/aromatic N) is 2. The molecule has 2 aromatic heterocycles. The number of hydrogen-bond acceptors (Lipinski definition) is 5. The van der Waals surface area contributed by atoms with Crippen molar-refractivity contribution in [2.75, 3.05) is 5.32 Å². The number of pyridine rings is 1. The number of aromatic hydroxyl groups is 1. The fraction of sp³-hybridized carbons (Fsp3) is 0.0435. The number of carboxylic acid groups (broad SMARTS) is 1. The second kappa shape index (κ2) is 8.93. The highest BCUT2D eigenvalue weighted by molar-refractivity contribution is 6.50. The van der Waals surface area contributed by atoms with E-state index in [1.54, 1.807) is 22.8 Å². The lowest BCUT2D eigenvalue weighted by molar-refractivity contribution is -0.112. The number of amides is 1. The Hall–Kier alpha value is -3.88. The molecule has 0 aliphatic heterocycles. The maximum absolute atomic E-state index is 13.0. The number of phenolic OH excluding ortho intramolecular Hbond substituents is 1. The van der Waals surface area contributed by atoms with E-state index in [1.807, 2.05) is 0 Å². The molecule has 0 saturated carbocycles. The van der Waals surface area contributed by atoms with Gasteiger partial charge in [0, 0.05) is 36.0 Å². The van der Waals surface area contributed by atoms with E-state index in [2.05, 4.69) is 10.3 Å². The molecule has 33 heavy (non-hydrogen) atoms. The van der Waals surface area contributed by atoms with Gasteiger partial charge in [-0.25, -0.2) is 4.79 Å². The first-order valence-electron chi connectivity index (χ1n) is 9.53. The third-order valence-corrected chi connectivity index (χ3v) is 5.53. The van der Waals surface area contributed by atoms with E-state index >= 15 is 0 Å². The predicted octanol–water partition coefficient (Wildman–Crippen LogP) is 4.62. The second-order valence-electron chi connectivity index (χ2n) is 7.14. The number of phenols is 1. The molecule has 0 aliphatic carbocycles. The van der Waals surface area contributed by atoms with E-state index in [0.717, 1.165) is 5.56 Å². The van der Waals surface area contributed by atoms with E-state index in [-0.39, 0.29) is 32.6 Å².